The number of hydrogen-bond acceptors (Lipinski definition) is 6. The molecule has 0 bridgehead atoms. The molecule has 0 unspecified atom stereocenters. The van der Waals surface area contributed by atoms with Crippen LogP contribution < -0.4 is 22.3 Å². The molecule has 124 valence electrons. The highest BCUT2D eigenvalue weighted by Crippen LogP contribution is 2.23. The Morgan fingerprint density at radius 1 is 1.04 bits per heavy atom. The van der Waals surface area contributed by atoms with Gasteiger partial charge in [-0.05, 0) is 12.1 Å². The topological polar surface area (TPSA) is 138 Å². The van der Waals surface area contributed by atoms with E-state index < -0.39 is 17.4 Å². The normalized spacial score (nSPS) is 13.0. The fourth-order valence-electron chi connectivity index (χ4n) is 2.80. The lowest BCUT2D eigenvalue weighted by Crippen LogP contribution is -2.23. The molecule has 9 heteroatoms. The summed E-state index contributed by atoms with van der Waals surface area (Å²) in [6.07, 6.45) is 2.98. The molecule has 5 N–H and O–H groups in total. The Labute approximate surface area is 140 Å². The van der Waals surface area contributed by atoms with Crippen LogP contribution in [0.15, 0.2) is 47.5 Å². The maximum Gasteiger partial charge on any atom is 0.262 e. The molecule has 3 aromatic rings. The van der Waals surface area contributed by atoms with Crippen LogP contribution in [0.3, 0.4) is 0 Å². The number of amides is 2. The first-order chi connectivity index (χ1) is 12.0. The fourth-order valence-corrected chi connectivity index (χ4v) is 2.80. The van der Waals surface area contributed by atoms with Gasteiger partial charge in [0.1, 0.15) is 5.82 Å². The number of rotatable bonds is 2. The van der Waals surface area contributed by atoms with E-state index in [-0.39, 0.29) is 16.9 Å². The summed E-state index contributed by atoms with van der Waals surface area (Å²) in [5.74, 6) is -1.39. The van der Waals surface area contributed by atoms with E-state index in [0.29, 0.717) is 17.1 Å². The summed E-state index contributed by atoms with van der Waals surface area (Å²) >= 11 is 0. The van der Waals surface area contributed by atoms with E-state index in [2.05, 4.69) is 10.4 Å². The van der Waals surface area contributed by atoms with E-state index in [1.54, 1.807) is 30.5 Å². The molecule has 25 heavy (non-hydrogen) atoms. The van der Waals surface area contributed by atoms with Crippen LogP contribution in [0.2, 0.25) is 0 Å². The second kappa shape index (κ2) is 5.06. The maximum atomic E-state index is 12.4. The first-order valence-electron chi connectivity index (χ1n) is 7.28. The maximum absolute atomic E-state index is 12.4. The molecule has 3 heterocycles. The van der Waals surface area contributed by atoms with E-state index in [1.165, 1.54) is 10.9 Å². The van der Waals surface area contributed by atoms with Gasteiger partial charge >= 0.3 is 0 Å². The van der Waals surface area contributed by atoms with Crippen molar-refractivity contribution >= 4 is 23.3 Å². The van der Waals surface area contributed by atoms with Gasteiger partial charge in [-0.1, -0.05) is 12.1 Å². The molecule has 0 aliphatic carbocycles. The number of nitrogens with two attached hydrogens (primary N) is 2. The average molecular weight is 336 g/mol. The van der Waals surface area contributed by atoms with Gasteiger partial charge in [-0.25, -0.2) is 4.68 Å². The Balaban J connectivity index is 1.89. The second-order valence-electron chi connectivity index (χ2n) is 5.48. The second-order valence-corrected chi connectivity index (χ2v) is 5.48. The third kappa shape index (κ3) is 2.10. The number of carbonyl (C=O) groups is 2. The number of carbonyl (C=O) groups excluding carboxylic acids is 2. The molecule has 0 fully saturated rings. The quantitative estimate of drug-likeness (QED) is 0.447. The zero-order valence-corrected chi connectivity index (χ0v) is 12.8. The smallest absolute Gasteiger partial charge is 0.262 e. The molecule has 2 aromatic heterocycles. The molecule has 9 nitrogen and oxygen atoms in total. The summed E-state index contributed by atoms with van der Waals surface area (Å²) in [7, 11) is 0. The highest BCUT2D eigenvalue weighted by Gasteiger charge is 2.32. The van der Waals surface area contributed by atoms with Crippen molar-refractivity contribution in [3.63, 3.8) is 0 Å². The molecule has 4 rings (SSSR count). The minimum absolute atomic E-state index is 0.0171. The number of pyridine rings is 1. The van der Waals surface area contributed by atoms with Gasteiger partial charge in [0.25, 0.3) is 17.4 Å². The van der Waals surface area contributed by atoms with Gasteiger partial charge < -0.3 is 11.5 Å². The zero-order valence-electron chi connectivity index (χ0n) is 12.8. The molecule has 1 aliphatic rings. The van der Waals surface area contributed by atoms with E-state index in [0.717, 1.165) is 10.6 Å². The van der Waals surface area contributed by atoms with Crippen molar-refractivity contribution in [1.82, 2.24) is 19.7 Å². The van der Waals surface area contributed by atoms with Crippen LogP contribution in [0.25, 0.3) is 11.4 Å². The van der Waals surface area contributed by atoms with Gasteiger partial charge in [-0.3, -0.25) is 24.3 Å². The minimum atomic E-state index is -0.635. The summed E-state index contributed by atoms with van der Waals surface area (Å²) in [4.78, 5) is 36.0. The van der Waals surface area contributed by atoms with Crippen LogP contribution in [0, 0.1) is 0 Å². The van der Waals surface area contributed by atoms with Crippen molar-refractivity contribution in [2.45, 2.75) is 0 Å². The van der Waals surface area contributed by atoms with Crippen molar-refractivity contribution in [3.8, 4) is 11.4 Å². The van der Waals surface area contributed by atoms with Crippen LogP contribution in [-0.2, 0) is 0 Å². The molecule has 1 aliphatic heterocycles. The highest BCUT2D eigenvalue weighted by atomic mass is 16.2. The first kappa shape index (κ1) is 14.7. The lowest BCUT2D eigenvalue weighted by atomic mass is 10.1. The van der Waals surface area contributed by atoms with E-state index in [9.17, 15) is 14.4 Å². The summed E-state index contributed by atoms with van der Waals surface area (Å²) in [5, 5.41) is 6.31. The van der Waals surface area contributed by atoms with E-state index in [4.69, 9.17) is 11.5 Å². The van der Waals surface area contributed by atoms with Gasteiger partial charge in [-0.15, -0.1) is 0 Å². The number of aromatic nitrogens is 3. The van der Waals surface area contributed by atoms with Gasteiger partial charge in [0.2, 0.25) is 0 Å². The molecular weight excluding hydrogens is 324 g/mol. The standard InChI is InChI=1S/C16H12N6O3/c17-10-3-1-2-4-11(10)21-7-8(6-19-21)22-12(23)5-9-13(14(22)18)16(25)20-15(9)24/h1-7H,17-18H2,(H,20,24,25). The molecule has 0 spiro atoms. The average Bonchev–Trinajstić information content (AvgIpc) is 3.13. The van der Waals surface area contributed by atoms with Crippen molar-refractivity contribution in [1.29, 1.82) is 0 Å². The summed E-state index contributed by atoms with van der Waals surface area (Å²) in [5.41, 5.74) is 12.8. The van der Waals surface area contributed by atoms with Crippen molar-refractivity contribution in [2.75, 3.05) is 11.5 Å². The van der Waals surface area contributed by atoms with Crippen molar-refractivity contribution in [3.05, 3.63) is 64.2 Å². The number of imide groups is 1. The van der Waals surface area contributed by atoms with Crippen LogP contribution in [0.1, 0.15) is 20.7 Å². The Morgan fingerprint density at radius 3 is 2.56 bits per heavy atom. The van der Waals surface area contributed by atoms with Crippen molar-refractivity contribution in [2.24, 2.45) is 0 Å². The van der Waals surface area contributed by atoms with Crippen LogP contribution >= 0.6 is 0 Å². The molecule has 0 saturated carbocycles. The van der Waals surface area contributed by atoms with Crippen molar-refractivity contribution < 1.29 is 9.59 Å². The number of hydrogen-bond donors (Lipinski definition) is 3. The predicted molar refractivity (Wildman–Crippen MR) is 89.8 cm³/mol. The number of fused-ring (bicyclic) bond motifs is 1. The molecule has 0 saturated heterocycles. The van der Waals surface area contributed by atoms with Gasteiger partial charge in [-0.2, -0.15) is 5.10 Å². The number of nitrogens with one attached hydrogen (secondary N) is 1. The minimum Gasteiger partial charge on any atom is -0.397 e. The number of benzene rings is 1. The van der Waals surface area contributed by atoms with Gasteiger partial charge in [0, 0.05) is 6.07 Å². The van der Waals surface area contributed by atoms with Gasteiger partial charge in [0.05, 0.1) is 40.6 Å². The summed E-state index contributed by atoms with van der Waals surface area (Å²) in [6.45, 7) is 0. The Bertz CT molecular complexity index is 1110. The van der Waals surface area contributed by atoms with E-state index >= 15 is 0 Å². The lowest BCUT2D eigenvalue weighted by Gasteiger charge is -2.09. The molecule has 0 radical (unpaired) electrons. The number of nitrogen functional groups attached to an aromatic ring is 2. The van der Waals surface area contributed by atoms with E-state index in [1.807, 2.05) is 0 Å². The number of nitrogens with zero attached hydrogens (tertiary/aromatic N) is 3. The SMILES string of the molecule is Nc1ccccc1-n1cc(-n2c(N)c3c(cc2=O)C(=O)NC3=O)cn1. The number of anilines is 2. The van der Waals surface area contributed by atoms with Gasteiger partial charge in [0.15, 0.2) is 0 Å². The van der Waals surface area contributed by atoms with Crippen LogP contribution in [-0.4, -0.2) is 26.2 Å². The lowest BCUT2D eigenvalue weighted by molar-refractivity contribution is 0.0880. The highest BCUT2D eigenvalue weighted by molar-refractivity contribution is 6.23. The monoisotopic (exact) mass is 336 g/mol. The summed E-state index contributed by atoms with van der Waals surface area (Å²) < 4.78 is 2.62. The van der Waals surface area contributed by atoms with Crippen LogP contribution in [0.4, 0.5) is 11.5 Å². The first-order valence-corrected chi connectivity index (χ1v) is 7.28. The third-order valence-electron chi connectivity index (χ3n) is 3.96. The van der Waals surface area contributed by atoms with Crippen LogP contribution in [0.5, 0.6) is 0 Å². The Kier molecular flexibility index (Phi) is 2.98. The molecule has 2 amide bonds. The zero-order chi connectivity index (χ0) is 17.7. The third-order valence-corrected chi connectivity index (χ3v) is 3.96. The molecular formula is C16H12N6O3. The Morgan fingerprint density at radius 2 is 1.80 bits per heavy atom. The fraction of sp³-hybridized carbons (Fsp3) is 0. The molecule has 0 atom stereocenters. The Hall–Kier alpha value is -3.88. The number of para-hydroxylation sites is 2. The predicted octanol–water partition coefficient (Wildman–Crippen LogP) is 0.0712. The molecule has 1 aromatic carbocycles. The largest absolute Gasteiger partial charge is 0.397 e. The summed E-state index contributed by atoms with van der Waals surface area (Å²) in [6, 6.07) is 8.18.